The molecule has 2 rings (SSSR count). The van der Waals surface area contributed by atoms with Gasteiger partial charge in [-0.1, -0.05) is 18.2 Å². The van der Waals surface area contributed by atoms with Crippen molar-refractivity contribution in [3.63, 3.8) is 0 Å². The second kappa shape index (κ2) is 4.67. The van der Waals surface area contributed by atoms with Crippen molar-refractivity contribution in [3.8, 4) is 0 Å². The molecule has 0 bridgehead atoms. The molecule has 1 heterocycles. The Labute approximate surface area is 108 Å². The van der Waals surface area contributed by atoms with E-state index in [9.17, 15) is 5.11 Å². The number of benzene rings is 1. The highest BCUT2D eigenvalue weighted by Gasteiger charge is 2.32. The van der Waals surface area contributed by atoms with Crippen LogP contribution in [-0.4, -0.2) is 34.6 Å². The van der Waals surface area contributed by atoms with E-state index in [1.165, 1.54) is 0 Å². The number of aromatic nitrogens is 1. The summed E-state index contributed by atoms with van der Waals surface area (Å²) in [5.41, 5.74) is 0.601. The summed E-state index contributed by atoms with van der Waals surface area (Å²) in [6, 6.07) is 7.96. The number of hydrogen-bond donors (Lipinski definition) is 1. The van der Waals surface area contributed by atoms with Crippen molar-refractivity contribution < 1.29 is 5.11 Å². The number of pyridine rings is 1. The average Bonchev–Trinajstić information content (AvgIpc) is 2.37. The highest BCUT2D eigenvalue weighted by Crippen LogP contribution is 2.33. The van der Waals surface area contributed by atoms with Gasteiger partial charge in [0.15, 0.2) is 0 Å². The maximum Gasteiger partial charge on any atom is 0.0974 e. The molecule has 0 aliphatic carbocycles. The van der Waals surface area contributed by atoms with Crippen LogP contribution in [0.2, 0.25) is 0 Å². The number of aliphatic hydroxyl groups excluding tert-OH is 1. The molecule has 1 aromatic carbocycles. The topological polar surface area (TPSA) is 36.4 Å². The Morgan fingerprint density at radius 3 is 2.61 bits per heavy atom. The fourth-order valence-corrected chi connectivity index (χ4v) is 2.00. The zero-order valence-corrected chi connectivity index (χ0v) is 11.4. The van der Waals surface area contributed by atoms with Crippen LogP contribution in [-0.2, 0) is 0 Å². The van der Waals surface area contributed by atoms with Crippen molar-refractivity contribution in [2.24, 2.45) is 0 Å². The van der Waals surface area contributed by atoms with Crippen LogP contribution >= 0.6 is 0 Å². The van der Waals surface area contributed by atoms with Crippen molar-refractivity contribution in [1.82, 2.24) is 9.88 Å². The van der Waals surface area contributed by atoms with E-state index in [0.717, 1.165) is 16.3 Å². The molecule has 0 aliphatic heterocycles. The summed E-state index contributed by atoms with van der Waals surface area (Å²) in [6.07, 6.45) is 3.04. The van der Waals surface area contributed by atoms with Crippen molar-refractivity contribution >= 4 is 10.8 Å². The molecule has 3 nitrogen and oxygen atoms in total. The van der Waals surface area contributed by atoms with Gasteiger partial charge in [-0.15, -0.1) is 0 Å². The number of likely N-dealkylation sites (N-methyl/N-ethyl adjacent to an activating group) is 1. The molecule has 1 N–H and O–H groups in total. The molecule has 1 aromatic heterocycles. The normalized spacial score (nSPS) is 14.1. The molecule has 0 fully saturated rings. The minimum Gasteiger partial charge on any atom is -0.386 e. The highest BCUT2D eigenvalue weighted by molar-refractivity contribution is 5.85. The van der Waals surface area contributed by atoms with Crippen LogP contribution in [0.5, 0.6) is 0 Å². The third kappa shape index (κ3) is 2.11. The van der Waals surface area contributed by atoms with E-state index in [1.807, 2.05) is 63.3 Å². The predicted octanol–water partition coefficient (Wildman–Crippen LogP) is 2.61. The monoisotopic (exact) mass is 244 g/mol. The van der Waals surface area contributed by atoms with Gasteiger partial charge in [0.2, 0.25) is 0 Å². The third-order valence-electron chi connectivity index (χ3n) is 3.83. The molecule has 0 saturated carbocycles. The van der Waals surface area contributed by atoms with E-state index in [2.05, 4.69) is 4.98 Å². The molecule has 18 heavy (non-hydrogen) atoms. The fourth-order valence-electron chi connectivity index (χ4n) is 2.00. The molecule has 0 aliphatic rings. The van der Waals surface area contributed by atoms with Crippen LogP contribution in [0.25, 0.3) is 10.8 Å². The average molecular weight is 244 g/mol. The Bertz CT molecular complexity index is 544. The van der Waals surface area contributed by atoms with Crippen LogP contribution < -0.4 is 0 Å². The Morgan fingerprint density at radius 2 is 1.94 bits per heavy atom. The number of fused-ring (bicyclic) bond motifs is 1. The number of aliphatic hydroxyl groups is 1. The predicted molar refractivity (Wildman–Crippen MR) is 74.5 cm³/mol. The lowest BCUT2D eigenvalue weighted by Crippen LogP contribution is -2.43. The highest BCUT2D eigenvalue weighted by atomic mass is 16.3. The Morgan fingerprint density at radius 1 is 1.22 bits per heavy atom. The van der Waals surface area contributed by atoms with Gasteiger partial charge in [0.05, 0.1) is 6.10 Å². The van der Waals surface area contributed by atoms with E-state index in [0.29, 0.717) is 0 Å². The summed E-state index contributed by atoms with van der Waals surface area (Å²) in [4.78, 5) is 6.19. The second-order valence-electron chi connectivity index (χ2n) is 5.39. The van der Waals surface area contributed by atoms with E-state index in [4.69, 9.17) is 0 Å². The van der Waals surface area contributed by atoms with Gasteiger partial charge < -0.3 is 10.0 Å². The van der Waals surface area contributed by atoms with Crippen LogP contribution in [0.15, 0.2) is 36.7 Å². The van der Waals surface area contributed by atoms with Gasteiger partial charge in [0, 0.05) is 23.3 Å². The molecular formula is C15H20N2O. The van der Waals surface area contributed by atoms with Crippen LogP contribution in [0, 0.1) is 0 Å². The molecule has 2 aromatic rings. The summed E-state index contributed by atoms with van der Waals surface area (Å²) < 4.78 is 0. The lowest BCUT2D eigenvalue weighted by molar-refractivity contribution is 0.0173. The first-order valence-corrected chi connectivity index (χ1v) is 6.12. The SMILES string of the molecule is CN(C)C(C)(C)C(O)c1cccc2ccncc12. The fraction of sp³-hybridized carbons (Fsp3) is 0.400. The zero-order chi connectivity index (χ0) is 13.3. The van der Waals surface area contributed by atoms with Gasteiger partial charge >= 0.3 is 0 Å². The molecule has 1 unspecified atom stereocenters. The number of nitrogens with zero attached hydrogens (tertiary/aromatic N) is 2. The smallest absolute Gasteiger partial charge is 0.0974 e. The number of hydrogen-bond acceptors (Lipinski definition) is 3. The Hall–Kier alpha value is -1.45. The van der Waals surface area contributed by atoms with Gasteiger partial charge in [-0.2, -0.15) is 0 Å². The molecule has 0 radical (unpaired) electrons. The van der Waals surface area contributed by atoms with Crippen molar-refractivity contribution in [3.05, 3.63) is 42.2 Å². The Kier molecular flexibility index (Phi) is 3.37. The first-order valence-electron chi connectivity index (χ1n) is 6.12. The van der Waals surface area contributed by atoms with Crippen molar-refractivity contribution in [1.29, 1.82) is 0 Å². The Balaban J connectivity index is 2.55. The lowest BCUT2D eigenvalue weighted by Gasteiger charge is -2.37. The minimum absolute atomic E-state index is 0.329. The van der Waals surface area contributed by atoms with E-state index in [-0.39, 0.29) is 5.54 Å². The standard InChI is InChI=1S/C15H20N2O/c1-15(2,17(3)4)14(18)12-7-5-6-11-8-9-16-10-13(11)12/h5-10,14,18H,1-4H3. The van der Waals surface area contributed by atoms with Crippen LogP contribution in [0.1, 0.15) is 25.5 Å². The maximum absolute atomic E-state index is 10.6. The molecule has 0 spiro atoms. The van der Waals surface area contributed by atoms with Gasteiger partial charge in [0.25, 0.3) is 0 Å². The lowest BCUT2D eigenvalue weighted by atomic mass is 9.88. The summed E-state index contributed by atoms with van der Waals surface area (Å²) in [7, 11) is 3.96. The first-order chi connectivity index (χ1) is 8.44. The second-order valence-corrected chi connectivity index (χ2v) is 5.39. The van der Waals surface area contributed by atoms with Crippen LogP contribution in [0.3, 0.4) is 0 Å². The van der Waals surface area contributed by atoms with Crippen LogP contribution in [0.4, 0.5) is 0 Å². The summed E-state index contributed by atoms with van der Waals surface area (Å²) in [5.74, 6) is 0. The minimum atomic E-state index is -0.555. The summed E-state index contributed by atoms with van der Waals surface area (Å²) in [5, 5.41) is 12.8. The quantitative estimate of drug-likeness (QED) is 0.901. The van der Waals surface area contributed by atoms with Gasteiger partial charge in [-0.3, -0.25) is 4.98 Å². The zero-order valence-electron chi connectivity index (χ0n) is 11.4. The molecule has 0 saturated heterocycles. The molecule has 96 valence electrons. The van der Waals surface area contributed by atoms with E-state index >= 15 is 0 Å². The van der Waals surface area contributed by atoms with E-state index < -0.39 is 6.10 Å². The van der Waals surface area contributed by atoms with E-state index in [1.54, 1.807) is 6.20 Å². The largest absolute Gasteiger partial charge is 0.386 e. The van der Waals surface area contributed by atoms with Gasteiger partial charge in [0.1, 0.15) is 0 Å². The number of rotatable bonds is 3. The molecule has 0 amide bonds. The maximum atomic E-state index is 10.6. The summed E-state index contributed by atoms with van der Waals surface area (Å²) in [6.45, 7) is 4.07. The molecule has 3 heteroatoms. The molecule has 1 atom stereocenters. The molecular weight excluding hydrogens is 224 g/mol. The van der Waals surface area contributed by atoms with Crippen molar-refractivity contribution in [2.45, 2.75) is 25.5 Å². The third-order valence-corrected chi connectivity index (χ3v) is 3.83. The van der Waals surface area contributed by atoms with Crippen molar-refractivity contribution in [2.75, 3.05) is 14.1 Å². The first kappa shape index (κ1) is 13.0. The summed E-state index contributed by atoms with van der Waals surface area (Å²) >= 11 is 0. The van der Waals surface area contributed by atoms with Gasteiger partial charge in [-0.05, 0) is 45.0 Å². The van der Waals surface area contributed by atoms with Gasteiger partial charge in [-0.25, -0.2) is 0 Å².